The zero-order chi connectivity index (χ0) is 23.3. The molecule has 1 aromatic carbocycles. The first-order chi connectivity index (χ1) is 15.9. The topological polar surface area (TPSA) is 69.7 Å². The molecule has 0 radical (unpaired) electrons. The summed E-state index contributed by atoms with van der Waals surface area (Å²) in [6.07, 6.45) is 8.32. The number of benzene rings is 1. The van der Waals surface area contributed by atoms with Crippen LogP contribution in [0.5, 0.6) is 0 Å². The Labute approximate surface area is 201 Å². The number of thiophene rings is 1. The van der Waals surface area contributed by atoms with Crippen molar-refractivity contribution in [3.63, 3.8) is 0 Å². The van der Waals surface area contributed by atoms with Gasteiger partial charge in [0.1, 0.15) is 0 Å². The number of nitrogens with one attached hydrogen (secondary N) is 1. The largest absolute Gasteiger partial charge is 0.351 e. The van der Waals surface area contributed by atoms with Gasteiger partial charge in [-0.3, -0.25) is 9.69 Å². The van der Waals surface area contributed by atoms with Gasteiger partial charge >= 0.3 is 0 Å². The molecule has 8 heteroatoms. The first-order valence-corrected chi connectivity index (χ1v) is 14.1. The van der Waals surface area contributed by atoms with E-state index in [2.05, 4.69) is 28.6 Å². The third kappa shape index (κ3) is 6.12. The van der Waals surface area contributed by atoms with Crippen LogP contribution in [0.15, 0.2) is 46.7 Å². The van der Waals surface area contributed by atoms with E-state index in [-0.39, 0.29) is 11.9 Å². The SMILES string of the molecule is CC(CNC(=O)/C=C/c1ccc(S(=O)(=O)N2CCCCCC2)cc1)N1CCc2sccc2C1. The Balaban J connectivity index is 1.27. The summed E-state index contributed by atoms with van der Waals surface area (Å²) < 4.78 is 27.4. The van der Waals surface area contributed by atoms with Crippen molar-refractivity contribution in [3.8, 4) is 0 Å². The van der Waals surface area contributed by atoms with E-state index >= 15 is 0 Å². The molecule has 1 atom stereocenters. The smallest absolute Gasteiger partial charge is 0.244 e. The number of carbonyl (C=O) groups is 1. The third-order valence-corrected chi connectivity index (χ3v) is 9.48. The van der Waals surface area contributed by atoms with Crippen molar-refractivity contribution in [2.24, 2.45) is 0 Å². The van der Waals surface area contributed by atoms with Crippen LogP contribution in [-0.4, -0.2) is 55.8 Å². The van der Waals surface area contributed by atoms with Gasteiger partial charge in [0.15, 0.2) is 0 Å². The quantitative estimate of drug-likeness (QED) is 0.602. The average molecular weight is 488 g/mol. The Bertz CT molecular complexity index is 1070. The highest BCUT2D eigenvalue weighted by Crippen LogP contribution is 2.25. The molecule has 0 bridgehead atoms. The van der Waals surface area contributed by atoms with Crippen LogP contribution in [-0.2, 0) is 27.8 Å². The molecule has 2 aliphatic heterocycles. The Hall–Kier alpha value is -2.00. The van der Waals surface area contributed by atoms with Crippen LogP contribution >= 0.6 is 11.3 Å². The maximum atomic E-state index is 12.9. The van der Waals surface area contributed by atoms with Gasteiger partial charge in [-0.15, -0.1) is 11.3 Å². The van der Waals surface area contributed by atoms with Gasteiger partial charge in [0.2, 0.25) is 15.9 Å². The molecule has 3 heterocycles. The third-order valence-electron chi connectivity index (χ3n) is 6.54. The summed E-state index contributed by atoms with van der Waals surface area (Å²) in [6.45, 7) is 5.88. The zero-order valence-electron chi connectivity index (χ0n) is 19.2. The first kappa shape index (κ1) is 24.1. The normalized spacial score (nSPS) is 19.2. The Morgan fingerprint density at radius 1 is 1.09 bits per heavy atom. The fourth-order valence-electron chi connectivity index (χ4n) is 4.44. The fourth-order valence-corrected chi connectivity index (χ4v) is 6.84. The minimum atomic E-state index is -3.45. The predicted octanol–water partition coefficient (Wildman–Crippen LogP) is 3.89. The molecule has 2 aliphatic rings. The van der Waals surface area contributed by atoms with E-state index in [1.165, 1.54) is 16.5 Å². The molecular formula is C25H33N3O3S2. The van der Waals surface area contributed by atoms with E-state index in [4.69, 9.17) is 0 Å². The van der Waals surface area contributed by atoms with Crippen LogP contribution in [0.1, 0.15) is 48.6 Å². The number of hydrogen-bond acceptors (Lipinski definition) is 5. The van der Waals surface area contributed by atoms with Gasteiger partial charge < -0.3 is 5.32 Å². The van der Waals surface area contributed by atoms with E-state index in [9.17, 15) is 13.2 Å². The van der Waals surface area contributed by atoms with Gasteiger partial charge in [0.05, 0.1) is 4.90 Å². The van der Waals surface area contributed by atoms with Crippen molar-refractivity contribution in [3.05, 3.63) is 57.8 Å². The number of nitrogens with zero attached hydrogens (tertiary/aromatic N) is 2. The van der Waals surface area contributed by atoms with Gasteiger partial charge in [-0.05, 0) is 67.0 Å². The lowest BCUT2D eigenvalue weighted by molar-refractivity contribution is -0.116. The van der Waals surface area contributed by atoms with Crippen molar-refractivity contribution in [1.29, 1.82) is 0 Å². The van der Waals surface area contributed by atoms with Crippen molar-refractivity contribution in [1.82, 2.24) is 14.5 Å². The summed E-state index contributed by atoms with van der Waals surface area (Å²) in [5, 5.41) is 5.14. The van der Waals surface area contributed by atoms with E-state index in [1.54, 1.807) is 34.6 Å². The Morgan fingerprint density at radius 3 is 2.55 bits per heavy atom. The number of amides is 1. The van der Waals surface area contributed by atoms with Gasteiger partial charge in [-0.2, -0.15) is 4.31 Å². The highest BCUT2D eigenvalue weighted by Gasteiger charge is 2.25. The molecule has 0 saturated carbocycles. The summed E-state index contributed by atoms with van der Waals surface area (Å²) in [5.41, 5.74) is 2.21. The molecular weight excluding hydrogens is 454 g/mol. The number of carbonyl (C=O) groups excluding carboxylic acids is 1. The zero-order valence-corrected chi connectivity index (χ0v) is 20.8. The lowest BCUT2D eigenvalue weighted by Gasteiger charge is -2.32. The molecule has 1 N–H and O–H groups in total. The molecule has 1 aromatic heterocycles. The van der Waals surface area contributed by atoms with Crippen LogP contribution in [0.3, 0.4) is 0 Å². The monoisotopic (exact) mass is 487 g/mol. The second kappa shape index (κ2) is 11.0. The van der Waals surface area contributed by atoms with Crippen LogP contribution in [0.4, 0.5) is 0 Å². The summed E-state index contributed by atoms with van der Waals surface area (Å²) in [4.78, 5) is 16.5. The van der Waals surface area contributed by atoms with Crippen LogP contribution in [0.2, 0.25) is 0 Å². The minimum Gasteiger partial charge on any atom is -0.351 e. The number of sulfonamides is 1. The molecule has 1 saturated heterocycles. The molecule has 178 valence electrons. The summed E-state index contributed by atoms with van der Waals surface area (Å²) in [7, 11) is -3.45. The molecule has 6 nitrogen and oxygen atoms in total. The first-order valence-electron chi connectivity index (χ1n) is 11.8. The van der Waals surface area contributed by atoms with Gasteiger partial charge in [0.25, 0.3) is 0 Å². The maximum absolute atomic E-state index is 12.9. The van der Waals surface area contributed by atoms with Crippen molar-refractivity contribution >= 4 is 33.3 Å². The molecule has 33 heavy (non-hydrogen) atoms. The highest BCUT2D eigenvalue weighted by molar-refractivity contribution is 7.89. The second-order valence-corrected chi connectivity index (χ2v) is 11.8. The van der Waals surface area contributed by atoms with Crippen molar-refractivity contribution in [2.75, 3.05) is 26.2 Å². The summed E-state index contributed by atoms with van der Waals surface area (Å²) in [6, 6.07) is 9.24. The lowest BCUT2D eigenvalue weighted by atomic mass is 10.1. The average Bonchev–Trinajstić information content (AvgIpc) is 3.12. The van der Waals surface area contributed by atoms with Crippen molar-refractivity contribution in [2.45, 2.75) is 56.5 Å². The molecule has 2 aromatic rings. The molecule has 1 fully saturated rings. The van der Waals surface area contributed by atoms with Crippen LogP contribution in [0.25, 0.3) is 6.08 Å². The predicted molar refractivity (Wildman–Crippen MR) is 134 cm³/mol. The van der Waals surface area contributed by atoms with Gasteiger partial charge in [-0.1, -0.05) is 25.0 Å². The molecule has 4 rings (SSSR count). The Kier molecular flexibility index (Phi) is 8.01. The van der Waals surface area contributed by atoms with Crippen LogP contribution < -0.4 is 5.32 Å². The molecule has 0 aliphatic carbocycles. The van der Waals surface area contributed by atoms with E-state index in [0.29, 0.717) is 24.5 Å². The minimum absolute atomic E-state index is 0.142. The van der Waals surface area contributed by atoms with E-state index in [0.717, 1.165) is 50.8 Å². The standard InChI is InChI=1S/C25H33N3O3S2/c1-20(27-16-12-24-22(19-27)13-17-32-24)18-26-25(29)11-8-21-6-9-23(10-7-21)33(30,31)28-14-4-2-3-5-15-28/h6-11,13,17,20H,2-5,12,14-16,18-19H2,1H3,(H,26,29)/b11-8+. The summed E-state index contributed by atoms with van der Waals surface area (Å²) in [5.74, 6) is -0.142. The second-order valence-electron chi connectivity index (χ2n) is 8.90. The number of rotatable bonds is 7. The van der Waals surface area contributed by atoms with E-state index in [1.807, 2.05) is 11.3 Å². The number of hydrogen-bond donors (Lipinski definition) is 1. The van der Waals surface area contributed by atoms with Crippen LogP contribution in [0, 0.1) is 0 Å². The fraction of sp³-hybridized carbons (Fsp3) is 0.480. The van der Waals surface area contributed by atoms with E-state index < -0.39 is 10.0 Å². The molecule has 1 unspecified atom stereocenters. The highest BCUT2D eigenvalue weighted by atomic mass is 32.2. The van der Waals surface area contributed by atoms with Crippen molar-refractivity contribution < 1.29 is 13.2 Å². The van der Waals surface area contributed by atoms with Gasteiger partial charge in [0, 0.05) is 49.7 Å². The van der Waals surface area contributed by atoms with Gasteiger partial charge in [-0.25, -0.2) is 8.42 Å². The number of fused-ring (bicyclic) bond motifs is 1. The maximum Gasteiger partial charge on any atom is 0.244 e. The molecule has 1 amide bonds. The Morgan fingerprint density at radius 2 is 1.82 bits per heavy atom. The lowest BCUT2D eigenvalue weighted by Crippen LogP contribution is -2.43. The summed E-state index contributed by atoms with van der Waals surface area (Å²) >= 11 is 1.83. The molecule has 0 spiro atoms.